The van der Waals surface area contributed by atoms with Crippen LogP contribution in [0, 0.1) is 0 Å². The second-order valence-corrected chi connectivity index (χ2v) is 0.629. The Bertz CT molecular complexity index is 8.00. The highest BCUT2D eigenvalue weighted by Gasteiger charge is 1.52. The van der Waals surface area contributed by atoms with Crippen LogP contribution in [0.25, 0.3) is 0 Å². The third kappa shape index (κ3) is 2.35. The Labute approximate surface area is 27.1 Å². The molecule has 4 heavy (non-hydrogen) atoms. The van der Waals surface area contributed by atoms with E-state index in [0.717, 1.165) is 0 Å². The van der Waals surface area contributed by atoms with E-state index in [1.54, 1.807) is 0 Å². The molecule has 0 amide bonds. The monoisotopic (exact) mass is 80.0 g/mol. The van der Waals surface area contributed by atoms with Crippen molar-refractivity contribution in [2.24, 2.45) is 0 Å². The summed E-state index contributed by atoms with van der Waals surface area (Å²) in [6.07, 6.45) is 0. The first kappa shape index (κ1) is 4.35. The molecule has 0 aliphatic carbocycles. The van der Waals surface area contributed by atoms with Crippen molar-refractivity contribution < 1.29 is 9.63 Å². The summed E-state index contributed by atoms with van der Waals surface area (Å²) < 4.78 is 4.01. The van der Waals surface area contributed by atoms with Crippen LogP contribution in [0.3, 0.4) is 0 Å². The van der Waals surface area contributed by atoms with Gasteiger partial charge < -0.3 is 9.63 Å². The van der Waals surface area contributed by atoms with Crippen molar-refractivity contribution in [2.45, 2.75) is 0 Å². The van der Waals surface area contributed by atoms with Crippen LogP contribution in [0.1, 0.15) is 0 Å². The van der Waals surface area contributed by atoms with Gasteiger partial charge in [-0.25, -0.2) is 0 Å². The van der Waals surface area contributed by atoms with Crippen LogP contribution in [0.5, 0.6) is 0 Å². The first-order valence-electron chi connectivity index (χ1n) is 0.841. The lowest BCUT2D eigenvalue weighted by atomic mass is 11.6. The first-order valence-corrected chi connectivity index (χ1v) is 1.31. The zero-order valence-electron chi connectivity index (χ0n) is 2.14. The van der Waals surface area contributed by atoms with E-state index in [9.17, 15) is 0 Å². The number of aliphatic hydroxyl groups excluding tert-OH is 1. The molecule has 1 N–H and O–H groups in total. The Balaban J connectivity index is 1.97. The Morgan fingerprint density at radius 2 is 2.25 bits per heavy atom. The lowest BCUT2D eigenvalue weighted by Gasteiger charge is -1.75. The number of aliphatic hydroxyl groups is 1. The molecular formula is CH5O2P. The Hall–Kier alpha value is 0.350. The highest BCUT2D eigenvalue weighted by Crippen LogP contribution is 1.75. The molecular weight excluding hydrogens is 75.0 g/mol. The molecule has 0 spiro atoms. The summed E-state index contributed by atoms with van der Waals surface area (Å²) in [6.45, 7) is -0.218. The van der Waals surface area contributed by atoms with Crippen molar-refractivity contribution in [1.29, 1.82) is 0 Å². The van der Waals surface area contributed by atoms with Gasteiger partial charge in [-0.1, -0.05) is 0 Å². The average Bonchev–Trinajstić information content (AvgIpc) is 1.37. The third-order valence-corrected chi connectivity index (χ3v) is 0.224. The Kier molecular flexibility index (Phi) is 3.64. The highest BCUT2D eigenvalue weighted by molar-refractivity contribution is 7.09. The molecule has 1 atom stereocenters. The number of hydrogen-bond acceptors (Lipinski definition) is 2. The zero-order chi connectivity index (χ0) is 3.41. The topological polar surface area (TPSA) is 29.5 Å². The average molecular weight is 80.0 g/mol. The summed E-state index contributed by atoms with van der Waals surface area (Å²) in [4.78, 5) is 0. The third-order valence-electron chi connectivity index (χ3n) is 0.0745. The van der Waals surface area contributed by atoms with Crippen LogP contribution >= 0.6 is 9.47 Å². The standard InChI is InChI=1S/CH5O2P/c2-1-3-4/h2H,1,4H2. The zero-order valence-corrected chi connectivity index (χ0v) is 3.29. The fraction of sp³-hybridized carbons (Fsp3) is 1.00. The minimum Gasteiger partial charge on any atom is -0.370 e. The second kappa shape index (κ2) is 3.35. The van der Waals surface area contributed by atoms with E-state index >= 15 is 0 Å². The molecule has 0 bridgehead atoms. The molecule has 0 radical (unpaired) electrons. The molecule has 1 unspecified atom stereocenters. The van der Waals surface area contributed by atoms with E-state index in [2.05, 4.69) is 4.52 Å². The van der Waals surface area contributed by atoms with E-state index in [1.165, 1.54) is 0 Å². The molecule has 0 aliphatic rings. The van der Waals surface area contributed by atoms with Crippen LogP contribution in [-0.4, -0.2) is 11.9 Å². The predicted molar refractivity (Wildman–Crippen MR) is 17.9 cm³/mol. The minimum absolute atomic E-state index is 0.218. The SMILES string of the molecule is OCOP. The smallest absolute Gasteiger partial charge is 0.146 e. The largest absolute Gasteiger partial charge is 0.370 e. The molecule has 0 saturated carbocycles. The molecule has 0 aromatic rings. The van der Waals surface area contributed by atoms with Gasteiger partial charge in [0.15, 0.2) is 0 Å². The summed E-state index contributed by atoms with van der Waals surface area (Å²) in [5, 5.41) is 7.63. The van der Waals surface area contributed by atoms with Crippen molar-refractivity contribution in [1.82, 2.24) is 0 Å². The van der Waals surface area contributed by atoms with Crippen LogP contribution in [0.15, 0.2) is 0 Å². The van der Waals surface area contributed by atoms with Crippen molar-refractivity contribution in [2.75, 3.05) is 6.79 Å². The van der Waals surface area contributed by atoms with Gasteiger partial charge >= 0.3 is 0 Å². The predicted octanol–water partition coefficient (Wildman–Crippen LogP) is -0.257. The molecule has 0 heterocycles. The number of rotatable bonds is 1. The summed E-state index contributed by atoms with van der Waals surface area (Å²) in [6, 6.07) is 0. The summed E-state index contributed by atoms with van der Waals surface area (Å²) in [5.41, 5.74) is 0. The summed E-state index contributed by atoms with van der Waals surface area (Å²) >= 11 is 0. The van der Waals surface area contributed by atoms with Crippen LogP contribution < -0.4 is 0 Å². The summed E-state index contributed by atoms with van der Waals surface area (Å²) in [7, 11) is 1.91. The van der Waals surface area contributed by atoms with Gasteiger partial charge in [-0.2, -0.15) is 0 Å². The quantitative estimate of drug-likeness (QED) is 0.347. The van der Waals surface area contributed by atoms with Gasteiger partial charge in [-0.3, -0.25) is 0 Å². The number of hydrogen-bond donors (Lipinski definition) is 1. The van der Waals surface area contributed by atoms with Crippen molar-refractivity contribution in [3.05, 3.63) is 0 Å². The van der Waals surface area contributed by atoms with E-state index in [1.807, 2.05) is 9.47 Å². The van der Waals surface area contributed by atoms with E-state index in [4.69, 9.17) is 5.11 Å². The fourth-order valence-electron chi connectivity index (χ4n) is 0. The van der Waals surface area contributed by atoms with Crippen molar-refractivity contribution in [3.63, 3.8) is 0 Å². The lowest BCUT2D eigenvalue weighted by Crippen LogP contribution is -1.71. The first-order chi connectivity index (χ1) is 1.91. The maximum absolute atomic E-state index is 7.63. The van der Waals surface area contributed by atoms with Crippen LogP contribution in [0.2, 0.25) is 0 Å². The molecule has 3 heteroatoms. The molecule has 0 aliphatic heterocycles. The molecule has 0 aromatic carbocycles. The molecule has 0 rings (SSSR count). The van der Waals surface area contributed by atoms with E-state index < -0.39 is 0 Å². The van der Waals surface area contributed by atoms with Gasteiger partial charge in [0.05, 0.1) is 0 Å². The molecule has 2 nitrogen and oxygen atoms in total. The van der Waals surface area contributed by atoms with Crippen LogP contribution in [0.4, 0.5) is 0 Å². The van der Waals surface area contributed by atoms with Crippen molar-refractivity contribution in [3.8, 4) is 0 Å². The van der Waals surface area contributed by atoms with Crippen LogP contribution in [-0.2, 0) is 4.52 Å². The van der Waals surface area contributed by atoms with E-state index in [-0.39, 0.29) is 6.79 Å². The molecule has 0 fully saturated rings. The fourth-order valence-corrected chi connectivity index (χ4v) is 0. The maximum atomic E-state index is 7.63. The normalized spacial score (nSPS) is 7.50. The van der Waals surface area contributed by atoms with Crippen molar-refractivity contribution >= 4 is 9.47 Å². The van der Waals surface area contributed by atoms with Gasteiger partial charge in [0.2, 0.25) is 0 Å². The van der Waals surface area contributed by atoms with Gasteiger partial charge in [0.1, 0.15) is 6.79 Å². The van der Waals surface area contributed by atoms with E-state index in [0.29, 0.717) is 0 Å². The molecule has 0 saturated heterocycles. The molecule has 0 aromatic heterocycles. The summed E-state index contributed by atoms with van der Waals surface area (Å²) in [5.74, 6) is 0. The van der Waals surface area contributed by atoms with Gasteiger partial charge in [0, 0.05) is 9.47 Å². The lowest BCUT2D eigenvalue weighted by molar-refractivity contribution is 0.118. The Morgan fingerprint density at radius 1 is 2.00 bits per heavy atom. The highest BCUT2D eigenvalue weighted by atomic mass is 31.0. The Morgan fingerprint density at radius 3 is 2.25 bits per heavy atom. The maximum Gasteiger partial charge on any atom is 0.146 e. The molecule has 26 valence electrons. The minimum atomic E-state index is -0.218. The second-order valence-electron chi connectivity index (χ2n) is 0.296. The van der Waals surface area contributed by atoms with Gasteiger partial charge in [-0.05, 0) is 0 Å². The van der Waals surface area contributed by atoms with Gasteiger partial charge in [0.25, 0.3) is 0 Å². The van der Waals surface area contributed by atoms with Gasteiger partial charge in [-0.15, -0.1) is 0 Å².